The van der Waals surface area contributed by atoms with Crippen LogP contribution < -0.4 is 4.90 Å². The molecule has 0 saturated carbocycles. The molecule has 0 bridgehead atoms. The van der Waals surface area contributed by atoms with E-state index < -0.39 is 14.8 Å². The second kappa shape index (κ2) is 9.38. The first-order chi connectivity index (χ1) is 15.7. The molecule has 2 aromatic carbocycles. The number of amides is 1. The molecule has 11 heteroatoms. The second-order valence-corrected chi connectivity index (χ2v) is 10.7. The molecule has 1 aliphatic heterocycles. The highest BCUT2D eigenvalue weighted by Gasteiger charge is 2.25. The molecular weight excluding hydrogens is 466 g/mol. The summed E-state index contributed by atoms with van der Waals surface area (Å²) in [5.41, 5.74) is 1.22. The van der Waals surface area contributed by atoms with Crippen LogP contribution in [0.2, 0.25) is 0 Å². The number of hydrogen-bond donors (Lipinski definition) is 0. The van der Waals surface area contributed by atoms with E-state index in [0.717, 1.165) is 19.1 Å². The van der Waals surface area contributed by atoms with Crippen molar-refractivity contribution in [2.24, 2.45) is 0 Å². The van der Waals surface area contributed by atoms with E-state index in [9.17, 15) is 23.3 Å². The van der Waals surface area contributed by atoms with Gasteiger partial charge in [0.05, 0.1) is 32.7 Å². The zero-order valence-corrected chi connectivity index (χ0v) is 19.3. The van der Waals surface area contributed by atoms with E-state index in [-0.39, 0.29) is 22.6 Å². The summed E-state index contributed by atoms with van der Waals surface area (Å²) in [5.74, 6) is -0.314. The first-order valence-corrected chi connectivity index (χ1v) is 12.9. The van der Waals surface area contributed by atoms with Crippen LogP contribution in [0.5, 0.6) is 0 Å². The van der Waals surface area contributed by atoms with Crippen LogP contribution in [0, 0.1) is 10.1 Å². The fourth-order valence-corrected chi connectivity index (χ4v) is 5.20. The van der Waals surface area contributed by atoms with Crippen LogP contribution in [0.1, 0.15) is 18.4 Å². The highest BCUT2D eigenvalue weighted by Crippen LogP contribution is 2.32. The standard InChI is InChI=1S/C22H21N3O6S2/c1-33(29,30)18-9-10-19-20(13-18)32-22(23-19)24(14-17-3-2-12-31-17)21(26)11-6-15-4-7-16(8-5-15)25(27)28/h4-11,13,17H,2-3,12,14H2,1H3/b11-6-. The van der Waals surface area contributed by atoms with Crippen molar-refractivity contribution >= 4 is 54.2 Å². The Bertz CT molecular complexity index is 1330. The number of rotatable bonds is 7. The number of nitro benzene ring substituents is 1. The van der Waals surface area contributed by atoms with Gasteiger partial charge >= 0.3 is 0 Å². The maximum Gasteiger partial charge on any atom is 0.269 e. The van der Waals surface area contributed by atoms with Crippen molar-refractivity contribution in [3.8, 4) is 0 Å². The van der Waals surface area contributed by atoms with E-state index >= 15 is 0 Å². The van der Waals surface area contributed by atoms with Crippen LogP contribution in [0.3, 0.4) is 0 Å². The van der Waals surface area contributed by atoms with Gasteiger partial charge in [0.2, 0.25) is 0 Å². The van der Waals surface area contributed by atoms with Crippen molar-refractivity contribution in [3.05, 3.63) is 64.2 Å². The summed E-state index contributed by atoms with van der Waals surface area (Å²) in [7, 11) is -3.36. The van der Waals surface area contributed by atoms with E-state index in [1.54, 1.807) is 30.3 Å². The SMILES string of the molecule is CS(=O)(=O)c1ccc2nc(N(CC3CCCO3)C(=O)/C=C\c3ccc([N+](=O)[O-])cc3)sc2c1. The van der Waals surface area contributed by atoms with Crippen LogP contribution in [-0.2, 0) is 19.4 Å². The molecule has 0 N–H and O–H groups in total. The highest BCUT2D eigenvalue weighted by atomic mass is 32.2. The zero-order chi connectivity index (χ0) is 23.6. The zero-order valence-electron chi connectivity index (χ0n) is 17.7. The van der Waals surface area contributed by atoms with Crippen LogP contribution in [0.25, 0.3) is 16.3 Å². The number of carbonyl (C=O) groups excluding carboxylic acids is 1. The van der Waals surface area contributed by atoms with E-state index in [1.807, 2.05) is 0 Å². The summed E-state index contributed by atoms with van der Waals surface area (Å²) >= 11 is 1.24. The number of thiazole rings is 1. The average Bonchev–Trinajstić information content (AvgIpc) is 3.44. The molecule has 1 aliphatic rings. The number of nitrogens with zero attached hydrogens (tertiary/aromatic N) is 3. The molecule has 3 aromatic rings. The number of aromatic nitrogens is 1. The molecule has 0 aliphatic carbocycles. The molecule has 9 nitrogen and oxygen atoms in total. The Morgan fingerprint density at radius 1 is 1.30 bits per heavy atom. The molecule has 0 radical (unpaired) electrons. The quantitative estimate of drug-likeness (QED) is 0.282. The minimum absolute atomic E-state index is 0.0265. The lowest BCUT2D eigenvalue weighted by atomic mass is 10.2. The molecule has 4 rings (SSSR count). The van der Waals surface area contributed by atoms with Gasteiger partial charge in [-0.25, -0.2) is 13.4 Å². The highest BCUT2D eigenvalue weighted by molar-refractivity contribution is 7.90. The minimum atomic E-state index is -3.36. The lowest BCUT2D eigenvalue weighted by molar-refractivity contribution is -0.384. The summed E-state index contributed by atoms with van der Waals surface area (Å²) in [6.45, 7) is 0.963. The first-order valence-electron chi connectivity index (χ1n) is 10.2. The molecule has 0 spiro atoms. The maximum atomic E-state index is 13.1. The van der Waals surface area contributed by atoms with Gasteiger partial charge in [-0.05, 0) is 54.8 Å². The third-order valence-electron chi connectivity index (χ3n) is 5.21. The van der Waals surface area contributed by atoms with Gasteiger partial charge in [-0.1, -0.05) is 11.3 Å². The molecule has 1 fully saturated rings. The summed E-state index contributed by atoms with van der Waals surface area (Å²) in [5, 5.41) is 11.3. The van der Waals surface area contributed by atoms with Crippen molar-refractivity contribution in [2.75, 3.05) is 24.3 Å². The number of sulfone groups is 1. The van der Waals surface area contributed by atoms with Crippen molar-refractivity contribution in [1.82, 2.24) is 4.98 Å². The smallest absolute Gasteiger partial charge is 0.269 e. The Balaban J connectivity index is 1.62. The Labute approximate surface area is 194 Å². The Hall–Kier alpha value is -3.15. The van der Waals surface area contributed by atoms with Crippen LogP contribution in [-0.4, -0.2) is 49.7 Å². The number of non-ortho nitro benzene ring substituents is 1. The molecule has 1 atom stereocenters. The van der Waals surface area contributed by atoms with E-state index in [4.69, 9.17) is 4.74 Å². The van der Waals surface area contributed by atoms with Crippen LogP contribution >= 0.6 is 11.3 Å². The van der Waals surface area contributed by atoms with Crippen LogP contribution in [0.15, 0.2) is 53.4 Å². The summed E-state index contributed by atoms with van der Waals surface area (Å²) in [4.78, 5) is 29.7. The van der Waals surface area contributed by atoms with Crippen molar-refractivity contribution in [1.29, 1.82) is 0 Å². The summed E-state index contributed by atoms with van der Waals surface area (Å²) in [6.07, 6.45) is 5.77. The number of carbonyl (C=O) groups is 1. The Morgan fingerprint density at radius 3 is 2.70 bits per heavy atom. The summed E-state index contributed by atoms with van der Waals surface area (Å²) in [6, 6.07) is 10.6. The number of ether oxygens (including phenoxy) is 1. The fraction of sp³-hybridized carbons (Fsp3) is 0.273. The first kappa shape index (κ1) is 23.0. The molecule has 1 amide bonds. The second-order valence-electron chi connectivity index (χ2n) is 7.66. The molecule has 2 heterocycles. The Kier molecular flexibility index (Phi) is 6.54. The number of hydrogen-bond acceptors (Lipinski definition) is 8. The van der Waals surface area contributed by atoms with Gasteiger partial charge in [-0.15, -0.1) is 0 Å². The fourth-order valence-electron chi connectivity index (χ4n) is 3.46. The van der Waals surface area contributed by atoms with Gasteiger partial charge in [0.15, 0.2) is 15.0 Å². The van der Waals surface area contributed by atoms with E-state index in [1.165, 1.54) is 40.5 Å². The largest absolute Gasteiger partial charge is 0.376 e. The van der Waals surface area contributed by atoms with Crippen molar-refractivity contribution in [2.45, 2.75) is 23.8 Å². The third kappa shape index (κ3) is 5.44. The minimum Gasteiger partial charge on any atom is -0.376 e. The molecule has 1 saturated heterocycles. The average molecular weight is 488 g/mol. The van der Waals surface area contributed by atoms with E-state index in [0.29, 0.717) is 34.1 Å². The number of anilines is 1. The van der Waals surface area contributed by atoms with Gasteiger partial charge < -0.3 is 4.74 Å². The third-order valence-corrected chi connectivity index (χ3v) is 7.36. The normalized spacial score (nSPS) is 16.5. The van der Waals surface area contributed by atoms with Gasteiger partial charge in [0, 0.05) is 31.1 Å². The number of fused-ring (bicyclic) bond motifs is 1. The lowest BCUT2D eigenvalue weighted by Crippen LogP contribution is -2.36. The van der Waals surface area contributed by atoms with Crippen LogP contribution in [0.4, 0.5) is 10.8 Å². The molecule has 172 valence electrons. The Morgan fingerprint density at radius 2 is 2.06 bits per heavy atom. The van der Waals surface area contributed by atoms with Gasteiger partial charge in [0.25, 0.3) is 11.6 Å². The molecule has 33 heavy (non-hydrogen) atoms. The molecule has 1 aromatic heterocycles. The monoisotopic (exact) mass is 487 g/mol. The van der Waals surface area contributed by atoms with Gasteiger partial charge in [-0.3, -0.25) is 19.8 Å². The van der Waals surface area contributed by atoms with E-state index in [2.05, 4.69) is 4.98 Å². The van der Waals surface area contributed by atoms with Gasteiger partial charge in [0.1, 0.15) is 0 Å². The number of nitro groups is 1. The molecule has 1 unspecified atom stereocenters. The topological polar surface area (TPSA) is 120 Å². The number of benzene rings is 2. The summed E-state index contributed by atoms with van der Waals surface area (Å²) < 4.78 is 30.2. The maximum absolute atomic E-state index is 13.1. The van der Waals surface area contributed by atoms with Crippen molar-refractivity contribution in [3.63, 3.8) is 0 Å². The molecular formula is C22H21N3O6S2. The lowest BCUT2D eigenvalue weighted by Gasteiger charge is -2.21. The predicted octanol–water partition coefficient (Wildman–Crippen LogP) is 3.83. The van der Waals surface area contributed by atoms with Crippen molar-refractivity contribution < 1.29 is 22.9 Å². The predicted molar refractivity (Wildman–Crippen MR) is 126 cm³/mol. The van der Waals surface area contributed by atoms with Gasteiger partial charge in [-0.2, -0.15) is 0 Å².